The second-order valence-electron chi connectivity index (χ2n) is 14.2. The van der Waals surface area contributed by atoms with Crippen LogP contribution >= 0.6 is 11.8 Å². The third kappa shape index (κ3) is 5.84. The third-order valence-electron chi connectivity index (χ3n) is 12.0. The van der Waals surface area contributed by atoms with Gasteiger partial charge in [-0.15, -0.1) is 16.8 Å². The summed E-state index contributed by atoms with van der Waals surface area (Å²) in [6, 6.07) is 8.23. The summed E-state index contributed by atoms with van der Waals surface area (Å²) >= 11 is 1.23. The van der Waals surface area contributed by atoms with E-state index in [9.17, 15) is 14.7 Å². The van der Waals surface area contributed by atoms with Crippen molar-refractivity contribution >= 4 is 35.4 Å². The molecule has 250 valence electrons. The maximum Gasteiger partial charge on any atom is 0.316 e. The molecule has 0 aliphatic heterocycles. The number of thioether (sulfide) groups is 1. The number of hydrogen-bond donors (Lipinski definition) is 1. The Morgan fingerprint density at radius 2 is 1.89 bits per heavy atom. The summed E-state index contributed by atoms with van der Waals surface area (Å²) in [5.41, 5.74) is 0.581. The molecule has 46 heavy (non-hydrogen) atoms. The number of esters is 1. The van der Waals surface area contributed by atoms with Crippen LogP contribution in [0.15, 0.2) is 47.2 Å². The number of nitrogens with zero attached hydrogens (tertiary/aromatic N) is 5. The molecule has 3 aliphatic carbocycles. The molecule has 5 rings (SSSR count). The molecule has 3 aliphatic rings. The molecule has 0 saturated heterocycles. The topological polar surface area (TPSA) is 110 Å². The van der Waals surface area contributed by atoms with Crippen molar-refractivity contribution in [3.63, 3.8) is 0 Å². The lowest BCUT2D eigenvalue weighted by atomic mass is 9.44. The van der Waals surface area contributed by atoms with Gasteiger partial charge in [0, 0.05) is 41.9 Å². The zero-order valence-electron chi connectivity index (χ0n) is 28.5. The van der Waals surface area contributed by atoms with Crippen LogP contribution in [-0.4, -0.2) is 69.0 Å². The van der Waals surface area contributed by atoms with E-state index in [0.717, 1.165) is 37.9 Å². The van der Waals surface area contributed by atoms with Crippen molar-refractivity contribution in [3.8, 4) is 0 Å². The number of rotatable bonds is 10. The molecule has 10 heteroatoms. The fraction of sp³-hybridized carbons (Fsp3) is 0.639. The molecular weight excluding hydrogens is 598 g/mol. The predicted octanol–water partition coefficient (Wildman–Crippen LogP) is 6.31. The van der Waals surface area contributed by atoms with E-state index in [2.05, 4.69) is 73.5 Å². The Balaban J connectivity index is 1.35. The molecule has 0 unspecified atom stereocenters. The van der Waals surface area contributed by atoms with Crippen LogP contribution in [0, 0.1) is 40.9 Å². The molecule has 0 radical (unpaired) electrons. The number of aliphatic hydroxyl groups excluding tert-OH is 1. The van der Waals surface area contributed by atoms with Crippen LogP contribution in [0.25, 0.3) is 0 Å². The summed E-state index contributed by atoms with van der Waals surface area (Å²) in [6.45, 7) is 20.6. The van der Waals surface area contributed by atoms with Gasteiger partial charge in [0.15, 0.2) is 5.82 Å². The summed E-state index contributed by atoms with van der Waals surface area (Å²) in [5.74, 6) is 0.335. The maximum absolute atomic E-state index is 13.7. The Morgan fingerprint density at radius 1 is 1.20 bits per heavy atom. The van der Waals surface area contributed by atoms with Crippen molar-refractivity contribution in [2.45, 2.75) is 97.9 Å². The second-order valence-corrected chi connectivity index (χ2v) is 15.1. The number of benzene rings is 1. The summed E-state index contributed by atoms with van der Waals surface area (Å²) in [6.07, 6.45) is 5.87. The third-order valence-corrected chi connectivity index (χ3v) is 12.9. The van der Waals surface area contributed by atoms with E-state index >= 15 is 0 Å². The van der Waals surface area contributed by atoms with Gasteiger partial charge in [-0.3, -0.25) is 9.59 Å². The number of aryl methyl sites for hydroxylation is 1. The minimum Gasteiger partial charge on any atom is -0.461 e. The van der Waals surface area contributed by atoms with Crippen molar-refractivity contribution in [1.29, 1.82) is 0 Å². The van der Waals surface area contributed by atoms with E-state index in [1.807, 2.05) is 32.1 Å². The number of carbonyl (C=O) groups excluding carboxylic acids is 2. The first-order valence-electron chi connectivity index (χ1n) is 16.8. The van der Waals surface area contributed by atoms with Gasteiger partial charge in [0.2, 0.25) is 5.16 Å². The lowest BCUT2D eigenvalue weighted by molar-refractivity contribution is -0.205. The van der Waals surface area contributed by atoms with Gasteiger partial charge in [-0.1, -0.05) is 57.7 Å². The highest BCUT2D eigenvalue weighted by molar-refractivity contribution is 7.99. The van der Waals surface area contributed by atoms with Gasteiger partial charge in [-0.2, -0.15) is 9.78 Å². The van der Waals surface area contributed by atoms with E-state index in [1.54, 1.807) is 10.9 Å². The normalized spacial score (nSPS) is 34.2. The first-order chi connectivity index (χ1) is 21.8. The van der Waals surface area contributed by atoms with E-state index in [4.69, 9.17) is 4.74 Å². The highest BCUT2D eigenvalue weighted by atomic mass is 32.2. The fourth-order valence-electron chi connectivity index (χ4n) is 8.86. The molecule has 3 fully saturated rings. The van der Waals surface area contributed by atoms with Crippen LogP contribution in [0.1, 0.15) is 85.0 Å². The van der Waals surface area contributed by atoms with Gasteiger partial charge in [-0.25, -0.2) is 0 Å². The number of aliphatic hydroxyl groups is 1. The number of ether oxygens (including phenoxy) is 1. The Labute approximate surface area is 278 Å². The van der Waals surface area contributed by atoms with Crippen LogP contribution in [0.4, 0.5) is 5.69 Å². The highest BCUT2D eigenvalue weighted by Crippen LogP contribution is 2.68. The minimum atomic E-state index is -0.695. The Bertz CT molecular complexity index is 1470. The van der Waals surface area contributed by atoms with Crippen LogP contribution in [0.5, 0.6) is 0 Å². The van der Waals surface area contributed by atoms with Gasteiger partial charge >= 0.3 is 5.97 Å². The number of Topliss-reactive ketones (excluding diaryl/α,β-unsaturated/α-hetero) is 1. The second kappa shape index (κ2) is 13.3. The highest BCUT2D eigenvalue weighted by Gasteiger charge is 2.68. The fourth-order valence-corrected chi connectivity index (χ4v) is 9.58. The number of carbonyl (C=O) groups is 2. The van der Waals surface area contributed by atoms with Crippen LogP contribution in [0.2, 0.25) is 0 Å². The van der Waals surface area contributed by atoms with Crippen molar-refractivity contribution in [1.82, 2.24) is 14.9 Å². The van der Waals surface area contributed by atoms with Crippen LogP contribution in [0.3, 0.4) is 0 Å². The van der Waals surface area contributed by atoms with Gasteiger partial charge in [-0.05, 0) is 81.4 Å². The molecule has 1 N–H and O–H groups in total. The molecule has 1 aromatic heterocycles. The first kappa shape index (κ1) is 34.4. The summed E-state index contributed by atoms with van der Waals surface area (Å²) < 4.78 is 8.03. The molecule has 2 bridgehead atoms. The lowest BCUT2D eigenvalue weighted by Gasteiger charge is -2.61. The van der Waals surface area contributed by atoms with Gasteiger partial charge in [0.25, 0.3) is 0 Å². The SMILES string of the molecule is C=C[C@]1(C)C[C@@H](OC(=O)CSc2nnc(C)n2/N=C/c2ccc(N(CC)CC)cc2)[C@]2(C)[C@H](C)CC[C@]3(CCC(=O)[C@H]32)[C@@H](C)[C@@H]1O. The van der Waals surface area contributed by atoms with Crippen LogP contribution < -0.4 is 4.90 Å². The summed E-state index contributed by atoms with van der Waals surface area (Å²) in [5, 5.41) is 25.3. The first-order valence-corrected chi connectivity index (χ1v) is 17.8. The van der Waals surface area contributed by atoms with Gasteiger partial charge < -0.3 is 14.7 Å². The number of ketones is 1. The Hall–Kier alpha value is -2.98. The Kier molecular flexibility index (Phi) is 9.90. The van der Waals surface area contributed by atoms with E-state index in [1.165, 1.54) is 17.4 Å². The summed E-state index contributed by atoms with van der Waals surface area (Å²) in [7, 11) is 0. The predicted molar refractivity (Wildman–Crippen MR) is 183 cm³/mol. The average molecular weight is 650 g/mol. The van der Waals surface area contributed by atoms with E-state index < -0.39 is 23.0 Å². The molecular formula is C36H51N5O4S. The largest absolute Gasteiger partial charge is 0.461 e. The van der Waals surface area contributed by atoms with Crippen molar-refractivity contribution < 1.29 is 19.4 Å². The quantitative estimate of drug-likeness (QED) is 0.138. The zero-order valence-corrected chi connectivity index (χ0v) is 29.3. The van der Waals surface area contributed by atoms with E-state index in [0.29, 0.717) is 23.8 Å². The molecule has 0 spiro atoms. The monoisotopic (exact) mass is 649 g/mol. The Morgan fingerprint density at radius 3 is 2.54 bits per heavy atom. The van der Waals surface area contributed by atoms with E-state index in [-0.39, 0.29) is 40.7 Å². The molecule has 1 aromatic carbocycles. The minimum absolute atomic E-state index is 0.0146. The van der Waals surface area contributed by atoms with Gasteiger partial charge in [0.1, 0.15) is 11.9 Å². The summed E-state index contributed by atoms with van der Waals surface area (Å²) in [4.78, 5) is 29.6. The molecule has 9 nitrogen and oxygen atoms in total. The van der Waals surface area contributed by atoms with Crippen LogP contribution in [-0.2, 0) is 14.3 Å². The number of anilines is 1. The van der Waals surface area contributed by atoms with Crippen molar-refractivity contribution in [3.05, 3.63) is 48.3 Å². The molecule has 3 saturated carbocycles. The number of aromatic nitrogens is 3. The molecule has 2 aromatic rings. The lowest BCUT2D eigenvalue weighted by Crippen LogP contribution is -2.63. The number of hydrogen-bond acceptors (Lipinski definition) is 9. The molecule has 0 amide bonds. The van der Waals surface area contributed by atoms with Crippen molar-refractivity contribution in [2.75, 3.05) is 23.7 Å². The molecule has 1 heterocycles. The zero-order chi connectivity index (χ0) is 33.4. The van der Waals surface area contributed by atoms with Gasteiger partial charge in [0.05, 0.1) is 18.1 Å². The standard InChI is InChI=1S/C36H51N5O4S/c1-9-34(7)20-29(35(8)23(4)16-18-36(24(5)32(34)44)19-17-28(42)31(35)36)45-30(43)22-46-33-39-38-25(6)41(33)37-21-26-12-14-27(15-13-26)40(10-2)11-3/h9,12-15,21,23-24,29,31-32,44H,1,10-11,16-20,22H2,2-8H3/b37-21+/t23-,24+,29-,31+,32+,34-,35+,36+/m1/s1. The average Bonchev–Trinajstić information content (AvgIpc) is 3.59. The smallest absolute Gasteiger partial charge is 0.316 e. The van der Waals surface area contributed by atoms with Crippen molar-refractivity contribution in [2.24, 2.45) is 39.1 Å². The maximum atomic E-state index is 13.7. The molecule has 8 atom stereocenters.